The van der Waals surface area contributed by atoms with E-state index in [1.165, 1.54) is 0 Å². The third-order valence-corrected chi connectivity index (χ3v) is 11.2. The van der Waals surface area contributed by atoms with Gasteiger partial charge in [0.2, 0.25) is 11.8 Å². The third kappa shape index (κ3) is 7.28. The summed E-state index contributed by atoms with van der Waals surface area (Å²) < 4.78 is 0. The number of piperidine rings is 6. The fraction of sp³-hybridized carbons (Fsp3) is 0.556. The van der Waals surface area contributed by atoms with Crippen LogP contribution in [0.3, 0.4) is 0 Å². The number of carbonyl (C=O) groups excluding carboxylic acids is 2. The van der Waals surface area contributed by atoms with Gasteiger partial charge in [0.1, 0.15) is 12.1 Å². The monoisotopic (exact) mass is 630 g/mol. The molecule has 6 fully saturated rings. The van der Waals surface area contributed by atoms with E-state index in [0.717, 1.165) is 63.0 Å². The van der Waals surface area contributed by atoms with Gasteiger partial charge < -0.3 is 30.6 Å². The Morgan fingerprint density at radius 3 is 1.24 bits per heavy atom. The van der Waals surface area contributed by atoms with E-state index in [-0.39, 0.29) is 48.3 Å². The Kier molecular flexibility index (Phi) is 10.0. The predicted octanol–water partition coefficient (Wildman–Crippen LogP) is 3.16. The highest BCUT2D eigenvalue weighted by molar-refractivity contribution is 5.86. The number of carboxylic acid groups (broad SMARTS) is 2. The highest BCUT2D eigenvalue weighted by atomic mass is 16.4. The summed E-state index contributed by atoms with van der Waals surface area (Å²) in [6.07, 6.45) is 3.75. The molecule has 4 N–H and O–H groups in total. The topological polar surface area (TPSA) is 139 Å². The number of fused-ring (bicyclic) bond motifs is 6. The molecule has 8 rings (SSSR count). The average Bonchev–Trinajstić information content (AvgIpc) is 3.09. The van der Waals surface area contributed by atoms with Crippen molar-refractivity contribution < 1.29 is 29.4 Å². The minimum Gasteiger partial charge on any atom is -0.480 e. The lowest BCUT2D eigenvalue weighted by atomic mass is 9.74. The number of nitrogens with one attached hydrogen (secondary N) is 2. The molecule has 4 unspecified atom stereocenters. The minimum absolute atomic E-state index is 0.0102. The van der Waals surface area contributed by atoms with Crippen LogP contribution in [0.15, 0.2) is 60.7 Å². The Morgan fingerprint density at radius 1 is 0.609 bits per heavy atom. The van der Waals surface area contributed by atoms with Crippen molar-refractivity contribution in [2.24, 2.45) is 23.7 Å². The van der Waals surface area contributed by atoms with Crippen molar-refractivity contribution in [1.29, 1.82) is 0 Å². The fourth-order valence-electron chi connectivity index (χ4n) is 8.73. The van der Waals surface area contributed by atoms with Crippen LogP contribution in [0.1, 0.15) is 61.5 Å². The quantitative estimate of drug-likeness (QED) is 0.265. The molecule has 6 saturated heterocycles. The van der Waals surface area contributed by atoms with E-state index in [2.05, 4.69) is 20.4 Å². The van der Waals surface area contributed by atoms with Crippen LogP contribution in [0.4, 0.5) is 0 Å². The third-order valence-electron chi connectivity index (χ3n) is 11.2. The van der Waals surface area contributed by atoms with Gasteiger partial charge in [0.15, 0.2) is 0 Å². The van der Waals surface area contributed by atoms with Crippen molar-refractivity contribution in [2.75, 3.05) is 39.3 Å². The molecule has 246 valence electrons. The van der Waals surface area contributed by atoms with Gasteiger partial charge >= 0.3 is 11.9 Å². The normalized spacial score (nSPS) is 29.2. The van der Waals surface area contributed by atoms with E-state index in [4.69, 9.17) is 0 Å². The molecule has 6 atom stereocenters. The number of hydrogen-bond donors (Lipinski definition) is 4. The zero-order valence-electron chi connectivity index (χ0n) is 26.3. The van der Waals surface area contributed by atoms with Gasteiger partial charge in [0.05, 0.1) is 0 Å². The van der Waals surface area contributed by atoms with Gasteiger partial charge in [-0.05, 0) is 86.7 Å². The number of amides is 2. The molecule has 46 heavy (non-hydrogen) atoms. The summed E-state index contributed by atoms with van der Waals surface area (Å²) in [7, 11) is 0. The van der Waals surface area contributed by atoms with Gasteiger partial charge in [0, 0.05) is 37.8 Å². The SMILES string of the molecule is O=C(CC(c1ccccc1)C(CC(=O)NC(C(=O)O)[C@H]1CN2CCC1CC2)c1ccccc1)NC(C(=O)O)[C@H]1CN2CCC1CC2. The summed E-state index contributed by atoms with van der Waals surface area (Å²) in [6.45, 7) is 5.23. The summed E-state index contributed by atoms with van der Waals surface area (Å²) >= 11 is 0. The van der Waals surface area contributed by atoms with E-state index in [9.17, 15) is 29.4 Å². The Morgan fingerprint density at radius 2 is 0.957 bits per heavy atom. The number of carbonyl (C=O) groups is 4. The summed E-state index contributed by atoms with van der Waals surface area (Å²) in [5.41, 5.74) is 1.72. The summed E-state index contributed by atoms with van der Waals surface area (Å²) in [5.74, 6) is -3.41. The highest BCUT2D eigenvalue weighted by Gasteiger charge is 2.44. The molecule has 0 aliphatic carbocycles. The molecule has 0 radical (unpaired) electrons. The zero-order chi connectivity index (χ0) is 32.2. The maximum Gasteiger partial charge on any atom is 0.326 e. The Balaban J connectivity index is 1.23. The second-order valence-corrected chi connectivity index (χ2v) is 13.8. The van der Waals surface area contributed by atoms with E-state index in [1.54, 1.807) is 0 Å². The van der Waals surface area contributed by atoms with Crippen molar-refractivity contribution >= 4 is 23.8 Å². The first kappa shape index (κ1) is 32.2. The van der Waals surface area contributed by atoms with Crippen LogP contribution in [0, 0.1) is 23.7 Å². The lowest BCUT2D eigenvalue weighted by Gasteiger charge is -2.46. The van der Waals surface area contributed by atoms with Crippen LogP contribution < -0.4 is 10.6 Å². The Hall–Kier alpha value is -3.76. The second-order valence-electron chi connectivity index (χ2n) is 13.8. The molecule has 0 spiro atoms. The van der Waals surface area contributed by atoms with Gasteiger partial charge in [-0.3, -0.25) is 9.59 Å². The predicted molar refractivity (Wildman–Crippen MR) is 172 cm³/mol. The lowest BCUT2D eigenvalue weighted by molar-refractivity contribution is -0.146. The summed E-state index contributed by atoms with van der Waals surface area (Å²) in [6, 6.07) is 17.1. The average molecular weight is 631 g/mol. The first-order valence-corrected chi connectivity index (χ1v) is 16.9. The number of rotatable bonds is 13. The van der Waals surface area contributed by atoms with Crippen LogP contribution in [0.5, 0.6) is 0 Å². The molecular weight excluding hydrogens is 584 g/mol. The molecule has 6 aliphatic heterocycles. The van der Waals surface area contributed by atoms with E-state index in [0.29, 0.717) is 13.1 Å². The van der Waals surface area contributed by atoms with Crippen molar-refractivity contribution in [1.82, 2.24) is 20.4 Å². The minimum atomic E-state index is -1.02. The maximum atomic E-state index is 13.8. The zero-order valence-corrected chi connectivity index (χ0v) is 26.3. The van der Waals surface area contributed by atoms with Crippen molar-refractivity contribution in [3.05, 3.63) is 71.8 Å². The molecule has 6 heterocycles. The maximum absolute atomic E-state index is 13.8. The highest BCUT2D eigenvalue weighted by Crippen LogP contribution is 2.40. The lowest BCUT2D eigenvalue weighted by Crippen LogP contribution is -2.58. The first-order chi connectivity index (χ1) is 22.3. The van der Waals surface area contributed by atoms with Crippen molar-refractivity contribution in [2.45, 2.75) is 62.4 Å². The largest absolute Gasteiger partial charge is 0.480 e. The van der Waals surface area contributed by atoms with Crippen LogP contribution in [-0.2, 0) is 19.2 Å². The first-order valence-electron chi connectivity index (χ1n) is 16.9. The molecule has 2 aromatic rings. The molecule has 0 aromatic heterocycles. The second kappa shape index (κ2) is 14.3. The van der Waals surface area contributed by atoms with Gasteiger partial charge in [-0.1, -0.05) is 60.7 Å². The van der Waals surface area contributed by atoms with E-state index < -0.39 is 35.9 Å². The Bertz CT molecular complexity index is 1270. The van der Waals surface area contributed by atoms with E-state index >= 15 is 0 Å². The molecule has 10 heteroatoms. The van der Waals surface area contributed by atoms with Crippen molar-refractivity contribution in [3.63, 3.8) is 0 Å². The van der Waals surface area contributed by atoms with Gasteiger partial charge in [-0.15, -0.1) is 0 Å². The van der Waals surface area contributed by atoms with Gasteiger partial charge in [0.25, 0.3) is 0 Å². The van der Waals surface area contributed by atoms with Crippen LogP contribution in [0.2, 0.25) is 0 Å². The number of hydrogen-bond acceptors (Lipinski definition) is 6. The van der Waals surface area contributed by atoms with Crippen LogP contribution in [-0.4, -0.2) is 95.1 Å². The molecule has 2 aromatic carbocycles. The number of carboxylic acids is 2. The molecule has 0 saturated carbocycles. The number of aliphatic carboxylic acids is 2. The fourth-order valence-corrected chi connectivity index (χ4v) is 8.73. The number of benzene rings is 2. The van der Waals surface area contributed by atoms with Crippen LogP contribution >= 0.6 is 0 Å². The summed E-state index contributed by atoms with van der Waals surface area (Å²) in [4.78, 5) is 57.1. The van der Waals surface area contributed by atoms with E-state index in [1.807, 2.05) is 60.7 Å². The van der Waals surface area contributed by atoms with Crippen molar-refractivity contribution in [3.8, 4) is 0 Å². The molecule has 6 aliphatic rings. The van der Waals surface area contributed by atoms with Crippen LogP contribution in [0.25, 0.3) is 0 Å². The molecule has 4 bridgehead atoms. The summed E-state index contributed by atoms with van der Waals surface area (Å²) in [5, 5.41) is 26.2. The Labute approximate surface area is 270 Å². The van der Waals surface area contributed by atoms with Gasteiger partial charge in [-0.2, -0.15) is 0 Å². The molecular formula is C36H46N4O6. The standard InChI is InChI=1S/C36H46N4O6/c41-31(37-33(35(43)44)29-21-39-15-11-25(29)12-16-39)19-27(23-7-3-1-4-8-23)28(24-9-5-2-6-10-24)20-32(42)38-34(36(45)46)30-22-40-17-13-26(30)14-18-40/h1-10,25-30,33-34H,11-22H2,(H,37,41)(H,38,42)(H,43,44)(H,45,46)/t27?,28?,29-,30-,33?,34?/m0/s1. The van der Waals surface area contributed by atoms with Gasteiger partial charge in [-0.25, -0.2) is 9.59 Å². The smallest absolute Gasteiger partial charge is 0.326 e. The molecule has 2 amide bonds. The number of nitrogens with zero attached hydrogens (tertiary/aromatic N) is 2. The molecule has 10 nitrogen and oxygen atoms in total.